The Kier molecular flexibility index (Phi) is 4.74. The van der Waals surface area contributed by atoms with E-state index < -0.39 is 11.6 Å². The topological polar surface area (TPSA) is 60.8 Å². The fourth-order valence-corrected chi connectivity index (χ4v) is 3.87. The molecule has 3 aliphatic heterocycles. The Morgan fingerprint density at radius 1 is 1.20 bits per heavy atom. The van der Waals surface area contributed by atoms with E-state index in [1.54, 1.807) is 23.3 Å². The number of rotatable bonds is 4. The number of aromatic nitrogens is 2. The lowest BCUT2D eigenvalue weighted by Gasteiger charge is -2.30. The average molecular weight is 410 g/mol. The summed E-state index contributed by atoms with van der Waals surface area (Å²) in [6.45, 7) is 2.15. The predicted molar refractivity (Wildman–Crippen MR) is 108 cm³/mol. The highest BCUT2D eigenvalue weighted by Gasteiger charge is 2.33. The first-order chi connectivity index (χ1) is 14.6. The number of aliphatic imine (C=N–C) groups is 1. The third kappa shape index (κ3) is 3.56. The average Bonchev–Trinajstić information content (AvgIpc) is 3.36. The maximum Gasteiger partial charge on any atom is 0.328 e. The van der Waals surface area contributed by atoms with Gasteiger partial charge in [-0.15, -0.1) is 0 Å². The Morgan fingerprint density at radius 2 is 2.03 bits per heavy atom. The number of likely N-dealkylation sites (tertiary alicyclic amines) is 1. The van der Waals surface area contributed by atoms with Gasteiger partial charge in [-0.1, -0.05) is 9.81 Å². The van der Waals surface area contributed by atoms with Crippen molar-refractivity contribution in [2.24, 2.45) is 10.1 Å². The zero-order chi connectivity index (χ0) is 20.7. The van der Waals surface area contributed by atoms with Gasteiger partial charge in [0.05, 0.1) is 18.2 Å². The minimum absolute atomic E-state index is 0.183. The standard InChI is InChI=1S/C21H22F2N7/c1-28-8-6-16(7-9-28)26-20-4-5-21-24-12-19(30(21)27-20)14-11-25-29(13-14)18-3-2-15(22)10-17(18)23/h2-4,10-13,16,26H,5-9H2,1H3/q+1. The Morgan fingerprint density at radius 3 is 2.83 bits per heavy atom. The molecule has 0 bridgehead atoms. The van der Waals surface area contributed by atoms with Gasteiger partial charge >= 0.3 is 5.84 Å². The number of hydrogen-bond donors (Lipinski definition) is 1. The van der Waals surface area contributed by atoms with Crippen molar-refractivity contribution >= 4 is 11.5 Å². The van der Waals surface area contributed by atoms with Crippen molar-refractivity contribution in [2.45, 2.75) is 25.3 Å². The zero-order valence-corrected chi connectivity index (χ0v) is 16.6. The Balaban J connectivity index is 1.36. The van der Waals surface area contributed by atoms with E-state index in [-0.39, 0.29) is 5.69 Å². The van der Waals surface area contributed by atoms with E-state index in [0.29, 0.717) is 12.5 Å². The van der Waals surface area contributed by atoms with Gasteiger partial charge in [0.1, 0.15) is 11.5 Å². The minimum atomic E-state index is -0.669. The number of piperidine rings is 1. The predicted octanol–water partition coefficient (Wildman–Crippen LogP) is 3.25. The van der Waals surface area contributed by atoms with Gasteiger partial charge in [-0.2, -0.15) is 5.10 Å². The third-order valence-electron chi connectivity index (χ3n) is 5.60. The van der Waals surface area contributed by atoms with Gasteiger partial charge in [-0.3, -0.25) is 0 Å². The molecular weight excluding hydrogens is 388 g/mol. The summed E-state index contributed by atoms with van der Waals surface area (Å²) in [5.74, 6) is 0.383. The Bertz CT molecular complexity index is 1100. The highest BCUT2D eigenvalue weighted by atomic mass is 19.1. The van der Waals surface area contributed by atoms with Gasteiger partial charge in [-0.25, -0.2) is 13.5 Å². The number of halogens is 2. The fraction of sp³-hybridized carbons (Fsp3) is 0.333. The van der Waals surface area contributed by atoms with Gasteiger partial charge in [0.25, 0.3) is 0 Å². The molecule has 7 nitrogen and oxygen atoms in total. The maximum atomic E-state index is 14.1. The van der Waals surface area contributed by atoms with Crippen LogP contribution >= 0.6 is 0 Å². The second kappa shape index (κ2) is 7.56. The Hall–Kier alpha value is -3.20. The summed E-state index contributed by atoms with van der Waals surface area (Å²) in [5, 5.41) is 12.5. The molecule has 1 fully saturated rings. The first-order valence-electron chi connectivity index (χ1n) is 10.0. The molecule has 154 valence electrons. The summed E-state index contributed by atoms with van der Waals surface area (Å²) < 4.78 is 30.5. The van der Waals surface area contributed by atoms with Gasteiger partial charge in [-0.05, 0) is 56.2 Å². The van der Waals surface area contributed by atoms with Crippen LogP contribution in [0.15, 0.2) is 58.8 Å². The van der Waals surface area contributed by atoms with E-state index in [4.69, 9.17) is 5.11 Å². The second-order valence-corrected chi connectivity index (χ2v) is 7.76. The molecule has 0 saturated carbocycles. The lowest BCUT2D eigenvalue weighted by molar-refractivity contribution is -0.379. The molecule has 1 aromatic carbocycles. The molecule has 2 aromatic rings. The summed E-state index contributed by atoms with van der Waals surface area (Å²) in [5.41, 5.74) is 1.71. The molecule has 0 unspecified atom stereocenters. The number of benzene rings is 1. The molecule has 3 aliphatic rings. The van der Waals surface area contributed by atoms with Crippen LogP contribution in [0.25, 0.3) is 11.4 Å². The van der Waals surface area contributed by atoms with Crippen LogP contribution in [0.4, 0.5) is 8.78 Å². The Labute approximate surface area is 172 Å². The molecule has 0 amide bonds. The minimum Gasteiger partial charge on any atom is -0.364 e. The van der Waals surface area contributed by atoms with Crippen LogP contribution in [0.5, 0.6) is 0 Å². The van der Waals surface area contributed by atoms with Crippen molar-refractivity contribution in [2.75, 3.05) is 20.1 Å². The summed E-state index contributed by atoms with van der Waals surface area (Å²) >= 11 is 0. The summed E-state index contributed by atoms with van der Waals surface area (Å²) in [6.07, 6.45) is 9.98. The van der Waals surface area contributed by atoms with E-state index in [1.165, 1.54) is 16.8 Å². The summed E-state index contributed by atoms with van der Waals surface area (Å²) in [6, 6.07) is 3.83. The lowest BCUT2D eigenvalue weighted by Crippen LogP contribution is -2.40. The summed E-state index contributed by atoms with van der Waals surface area (Å²) in [4.78, 5) is 6.80. The van der Waals surface area contributed by atoms with Crippen molar-refractivity contribution in [1.29, 1.82) is 0 Å². The molecule has 1 aromatic heterocycles. The highest BCUT2D eigenvalue weighted by molar-refractivity contribution is 5.85. The fourth-order valence-electron chi connectivity index (χ4n) is 3.87. The monoisotopic (exact) mass is 410 g/mol. The molecule has 1 saturated heterocycles. The van der Waals surface area contributed by atoms with Gasteiger partial charge in [0, 0.05) is 18.3 Å². The largest absolute Gasteiger partial charge is 0.364 e. The molecule has 9 heteroatoms. The highest BCUT2D eigenvalue weighted by Crippen LogP contribution is 2.27. The smallest absolute Gasteiger partial charge is 0.328 e. The van der Waals surface area contributed by atoms with Crippen molar-refractivity contribution in [3.05, 3.63) is 65.9 Å². The zero-order valence-electron chi connectivity index (χ0n) is 16.6. The van der Waals surface area contributed by atoms with Gasteiger partial charge in [0.15, 0.2) is 17.8 Å². The number of amidine groups is 1. The lowest BCUT2D eigenvalue weighted by atomic mass is 10.1. The maximum absolute atomic E-state index is 14.1. The van der Waals surface area contributed by atoms with E-state index in [9.17, 15) is 8.78 Å². The molecule has 0 spiro atoms. The molecule has 4 heterocycles. The van der Waals surface area contributed by atoms with Crippen LogP contribution in [-0.2, 0) is 0 Å². The van der Waals surface area contributed by atoms with Crippen molar-refractivity contribution in [3.63, 3.8) is 0 Å². The van der Waals surface area contributed by atoms with E-state index in [0.717, 1.165) is 54.9 Å². The van der Waals surface area contributed by atoms with E-state index in [2.05, 4.69) is 33.4 Å². The second-order valence-electron chi connectivity index (χ2n) is 7.76. The van der Waals surface area contributed by atoms with Crippen LogP contribution in [0, 0.1) is 11.6 Å². The number of azo groups is 2. The molecule has 1 N–H and O–H groups in total. The molecule has 0 radical (unpaired) electrons. The number of nitrogens with zero attached hydrogens (tertiary/aromatic N) is 6. The van der Waals surface area contributed by atoms with Crippen LogP contribution in [0.3, 0.4) is 0 Å². The molecule has 30 heavy (non-hydrogen) atoms. The van der Waals surface area contributed by atoms with Gasteiger partial charge in [0.2, 0.25) is 5.70 Å². The first-order valence-corrected chi connectivity index (χ1v) is 10.0. The summed E-state index contributed by atoms with van der Waals surface area (Å²) in [7, 11) is 2.14. The van der Waals surface area contributed by atoms with Crippen molar-refractivity contribution in [1.82, 2.24) is 20.0 Å². The molecule has 0 aliphatic carbocycles. The molecule has 5 rings (SSSR count). The normalized spacial score (nSPS) is 19.7. The quantitative estimate of drug-likeness (QED) is 0.788. The van der Waals surface area contributed by atoms with Crippen LogP contribution in [0.1, 0.15) is 24.8 Å². The van der Waals surface area contributed by atoms with Crippen LogP contribution in [0.2, 0.25) is 0 Å². The number of nitrogens with one attached hydrogen (secondary N) is 1. The van der Waals surface area contributed by atoms with Gasteiger partial charge < -0.3 is 10.2 Å². The SMILES string of the molecule is CN1CCC(NC2=CCC3=NC=C(c4cnn(-c5ccc(F)cc5F)c4)[N+]3=N2)CC1. The molecular formula is C21H22F2N7+. The van der Waals surface area contributed by atoms with E-state index >= 15 is 0 Å². The van der Waals surface area contributed by atoms with Crippen molar-refractivity contribution in [3.8, 4) is 5.69 Å². The first kappa shape index (κ1) is 18.8. The number of fused-ring (bicyclic) bond motifs is 1. The van der Waals surface area contributed by atoms with E-state index in [1.807, 2.05) is 0 Å². The number of hydrogen-bond acceptors (Lipinski definition) is 5. The molecule has 0 atom stereocenters. The van der Waals surface area contributed by atoms with Crippen LogP contribution < -0.4 is 5.32 Å². The third-order valence-corrected chi connectivity index (χ3v) is 5.60. The van der Waals surface area contributed by atoms with Crippen molar-refractivity contribution < 1.29 is 13.5 Å². The van der Waals surface area contributed by atoms with Crippen LogP contribution in [-0.4, -0.2) is 51.4 Å².